The van der Waals surface area contributed by atoms with E-state index in [9.17, 15) is 14.4 Å². The highest BCUT2D eigenvalue weighted by Crippen LogP contribution is 2.20. The first kappa shape index (κ1) is 19.9. The number of rotatable bonds is 6. The van der Waals surface area contributed by atoms with Gasteiger partial charge in [0, 0.05) is 52.6 Å². The number of imide groups is 1. The van der Waals surface area contributed by atoms with E-state index < -0.39 is 6.03 Å². The molecule has 7 heteroatoms. The maximum atomic E-state index is 12.5. The molecular weight excluding hydrogens is 332 g/mol. The predicted molar refractivity (Wildman–Crippen MR) is 99.7 cm³/mol. The molecule has 0 spiro atoms. The maximum Gasteiger partial charge on any atom is 0.321 e. The van der Waals surface area contributed by atoms with Crippen molar-refractivity contribution in [2.24, 2.45) is 0 Å². The molecule has 0 aromatic heterocycles. The van der Waals surface area contributed by atoms with Crippen LogP contribution in [0.2, 0.25) is 0 Å². The summed E-state index contributed by atoms with van der Waals surface area (Å²) in [6.07, 6.45) is 0.783. The Bertz CT molecular complexity index is 612. The lowest BCUT2D eigenvalue weighted by atomic mass is 9.97. The predicted octanol–water partition coefficient (Wildman–Crippen LogP) is 1.17. The highest BCUT2D eigenvalue weighted by Gasteiger charge is 2.23. The largest absolute Gasteiger partial charge is 0.341 e. The third-order valence-corrected chi connectivity index (χ3v) is 4.71. The first-order chi connectivity index (χ1) is 12.5. The van der Waals surface area contributed by atoms with E-state index in [1.807, 2.05) is 23.1 Å². The lowest BCUT2D eigenvalue weighted by Gasteiger charge is -2.35. The van der Waals surface area contributed by atoms with Crippen molar-refractivity contribution in [1.82, 2.24) is 20.4 Å². The van der Waals surface area contributed by atoms with Crippen molar-refractivity contribution in [1.29, 1.82) is 0 Å². The van der Waals surface area contributed by atoms with Crippen molar-refractivity contribution in [2.75, 3.05) is 39.8 Å². The molecule has 1 aliphatic heterocycles. The Morgan fingerprint density at radius 1 is 1.08 bits per heavy atom. The Morgan fingerprint density at radius 2 is 1.73 bits per heavy atom. The van der Waals surface area contributed by atoms with Crippen LogP contribution in [0, 0.1) is 0 Å². The number of nitrogens with one attached hydrogen (secondary N) is 2. The van der Waals surface area contributed by atoms with Crippen LogP contribution in [-0.2, 0) is 9.59 Å². The zero-order chi connectivity index (χ0) is 18.9. The van der Waals surface area contributed by atoms with Crippen LogP contribution in [0.5, 0.6) is 0 Å². The van der Waals surface area contributed by atoms with Crippen LogP contribution in [0.3, 0.4) is 0 Å². The van der Waals surface area contributed by atoms with Crippen LogP contribution in [-0.4, -0.2) is 67.4 Å². The van der Waals surface area contributed by atoms with E-state index in [0.29, 0.717) is 26.1 Å². The molecule has 4 amide bonds. The van der Waals surface area contributed by atoms with Gasteiger partial charge in [-0.2, -0.15) is 0 Å². The molecule has 1 aliphatic rings. The summed E-state index contributed by atoms with van der Waals surface area (Å²) in [4.78, 5) is 39.3. The van der Waals surface area contributed by atoms with Crippen LogP contribution < -0.4 is 10.6 Å². The average Bonchev–Trinajstić information content (AvgIpc) is 2.67. The zero-order valence-corrected chi connectivity index (χ0v) is 15.5. The number of hydrogen-bond acceptors (Lipinski definition) is 4. The fourth-order valence-electron chi connectivity index (χ4n) is 3.02. The molecule has 1 atom stereocenters. The number of benzene rings is 1. The molecule has 0 aliphatic carbocycles. The Morgan fingerprint density at radius 3 is 2.35 bits per heavy atom. The van der Waals surface area contributed by atoms with Crippen molar-refractivity contribution < 1.29 is 14.4 Å². The summed E-state index contributed by atoms with van der Waals surface area (Å²) in [6.45, 7) is 5.52. The summed E-state index contributed by atoms with van der Waals surface area (Å²) in [5, 5.41) is 4.60. The number of hydrogen-bond donors (Lipinski definition) is 2. The van der Waals surface area contributed by atoms with E-state index in [-0.39, 0.29) is 24.2 Å². The SMILES string of the molecule is CNC(=O)NC(=O)CCN1CCN(C(=O)CC(C)c2ccccc2)CC1. The molecule has 142 valence electrons. The van der Waals surface area contributed by atoms with Crippen molar-refractivity contribution in [2.45, 2.75) is 25.7 Å². The van der Waals surface area contributed by atoms with Crippen molar-refractivity contribution in [3.8, 4) is 0 Å². The number of urea groups is 1. The van der Waals surface area contributed by atoms with E-state index in [4.69, 9.17) is 0 Å². The van der Waals surface area contributed by atoms with Crippen LogP contribution in [0.1, 0.15) is 31.2 Å². The summed E-state index contributed by atoms with van der Waals surface area (Å²) in [5.74, 6) is 0.0908. The second kappa shape index (κ2) is 9.91. The smallest absolute Gasteiger partial charge is 0.321 e. The van der Waals surface area contributed by atoms with Gasteiger partial charge in [-0.1, -0.05) is 37.3 Å². The molecule has 1 saturated heterocycles. The molecule has 1 aromatic carbocycles. The molecule has 7 nitrogen and oxygen atoms in total. The third kappa shape index (κ3) is 6.15. The lowest BCUT2D eigenvalue weighted by molar-refractivity contribution is -0.133. The molecule has 26 heavy (non-hydrogen) atoms. The van der Waals surface area contributed by atoms with Gasteiger partial charge in [-0.15, -0.1) is 0 Å². The Hall–Kier alpha value is -2.41. The maximum absolute atomic E-state index is 12.5. The summed E-state index contributed by atoms with van der Waals surface area (Å²) in [6, 6.07) is 9.59. The van der Waals surface area contributed by atoms with Gasteiger partial charge in [0.1, 0.15) is 0 Å². The van der Waals surface area contributed by atoms with Gasteiger partial charge in [0.05, 0.1) is 0 Å². The van der Waals surface area contributed by atoms with Gasteiger partial charge in [0.25, 0.3) is 0 Å². The van der Waals surface area contributed by atoms with Gasteiger partial charge in [-0.05, 0) is 11.5 Å². The van der Waals surface area contributed by atoms with Gasteiger partial charge in [-0.3, -0.25) is 19.8 Å². The first-order valence-electron chi connectivity index (χ1n) is 9.06. The van der Waals surface area contributed by atoms with Gasteiger partial charge in [0.2, 0.25) is 11.8 Å². The van der Waals surface area contributed by atoms with E-state index in [2.05, 4.69) is 34.6 Å². The molecule has 2 N–H and O–H groups in total. The lowest BCUT2D eigenvalue weighted by Crippen LogP contribution is -2.49. The summed E-state index contributed by atoms with van der Waals surface area (Å²) in [5.41, 5.74) is 1.18. The van der Waals surface area contributed by atoms with Crippen LogP contribution in [0.15, 0.2) is 30.3 Å². The van der Waals surface area contributed by atoms with Crippen LogP contribution >= 0.6 is 0 Å². The summed E-state index contributed by atoms with van der Waals surface area (Å²) >= 11 is 0. The van der Waals surface area contributed by atoms with Gasteiger partial charge >= 0.3 is 6.03 Å². The van der Waals surface area contributed by atoms with Crippen LogP contribution in [0.4, 0.5) is 4.79 Å². The summed E-state index contributed by atoms with van der Waals surface area (Å²) < 4.78 is 0. The molecule has 0 saturated carbocycles. The minimum Gasteiger partial charge on any atom is -0.341 e. The van der Waals surface area contributed by atoms with Gasteiger partial charge in [-0.25, -0.2) is 4.79 Å². The van der Waals surface area contributed by atoms with E-state index >= 15 is 0 Å². The Balaban J connectivity index is 1.70. The van der Waals surface area contributed by atoms with Crippen LogP contribution in [0.25, 0.3) is 0 Å². The molecular formula is C19H28N4O3. The molecule has 1 unspecified atom stereocenters. The average molecular weight is 360 g/mol. The topological polar surface area (TPSA) is 81.8 Å². The fraction of sp³-hybridized carbons (Fsp3) is 0.526. The number of nitrogens with zero attached hydrogens (tertiary/aromatic N) is 2. The molecule has 1 fully saturated rings. The fourth-order valence-corrected chi connectivity index (χ4v) is 3.02. The molecule has 1 heterocycles. The van der Waals surface area contributed by atoms with Crippen molar-refractivity contribution in [3.63, 3.8) is 0 Å². The Kier molecular flexibility index (Phi) is 7.59. The summed E-state index contributed by atoms with van der Waals surface area (Å²) in [7, 11) is 1.47. The standard InChI is InChI=1S/C19H28N4O3/c1-15(16-6-4-3-5-7-16)14-18(25)23-12-10-22(11-13-23)9-8-17(24)21-19(26)20-2/h3-7,15H,8-14H2,1-2H3,(H2,20,21,24,26). The molecule has 2 rings (SSSR count). The molecule has 0 bridgehead atoms. The van der Waals surface area contributed by atoms with E-state index in [1.54, 1.807) is 0 Å². The third-order valence-electron chi connectivity index (χ3n) is 4.71. The number of carbonyl (C=O) groups is 3. The van der Waals surface area contributed by atoms with Gasteiger partial charge in [0.15, 0.2) is 0 Å². The van der Waals surface area contributed by atoms with Crippen molar-refractivity contribution >= 4 is 17.8 Å². The highest BCUT2D eigenvalue weighted by atomic mass is 16.2. The number of carbonyl (C=O) groups excluding carboxylic acids is 3. The normalized spacial score (nSPS) is 16.0. The monoisotopic (exact) mass is 360 g/mol. The first-order valence-corrected chi connectivity index (χ1v) is 9.06. The Labute approximate surface area is 154 Å². The van der Waals surface area contributed by atoms with Gasteiger partial charge < -0.3 is 10.2 Å². The zero-order valence-electron chi connectivity index (χ0n) is 15.5. The highest BCUT2D eigenvalue weighted by molar-refractivity contribution is 5.94. The second-order valence-corrected chi connectivity index (χ2v) is 6.62. The molecule has 0 radical (unpaired) electrons. The van der Waals surface area contributed by atoms with E-state index in [0.717, 1.165) is 13.1 Å². The minimum absolute atomic E-state index is 0.179. The number of amides is 4. The van der Waals surface area contributed by atoms with Crippen molar-refractivity contribution in [3.05, 3.63) is 35.9 Å². The quantitative estimate of drug-likeness (QED) is 0.798. The molecule has 1 aromatic rings. The van der Waals surface area contributed by atoms with E-state index in [1.165, 1.54) is 12.6 Å². The number of piperazine rings is 1. The minimum atomic E-state index is -0.488. The second-order valence-electron chi connectivity index (χ2n) is 6.62.